The fraction of sp³-hybridized carbons (Fsp3) is 0.278. The van der Waals surface area contributed by atoms with Gasteiger partial charge in [0.1, 0.15) is 10.8 Å². The lowest BCUT2D eigenvalue weighted by Crippen LogP contribution is -2.31. The summed E-state index contributed by atoms with van der Waals surface area (Å²) in [4.78, 5) is 6.91. The zero-order chi connectivity index (χ0) is 16.1. The molecule has 1 heterocycles. The monoisotopic (exact) mass is 365 g/mol. The van der Waals surface area contributed by atoms with E-state index in [1.165, 1.54) is 11.6 Å². The van der Waals surface area contributed by atoms with Crippen molar-refractivity contribution in [2.24, 2.45) is 5.73 Å². The molecular formula is C18H21ClFN3S. The number of nitrogens with zero attached hydrogens (tertiary/aromatic N) is 2. The average Bonchev–Trinajstić information content (AvgIpc) is 2.95. The number of fused-ring (bicyclic) bond motifs is 1. The van der Waals surface area contributed by atoms with E-state index in [4.69, 9.17) is 5.73 Å². The summed E-state index contributed by atoms with van der Waals surface area (Å²) >= 11 is 1.55. The number of thiazole rings is 1. The second-order valence-electron chi connectivity index (χ2n) is 5.52. The van der Waals surface area contributed by atoms with Crippen molar-refractivity contribution in [1.82, 2.24) is 9.88 Å². The Hall–Kier alpha value is -1.53. The van der Waals surface area contributed by atoms with Crippen molar-refractivity contribution in [2.75, 3.05) is 19.6 Å². The third kappa shape index (κ3) is 4.98. The summed E-state index contributed by atoms with van der Waals surface area (Å²) in [5.74, 6) is -0.212. The first-order chi connectivity index (χ1) is 11.2. The summed E-state index contributed by atoms with van der Waals surface area (Å²) < 4.78 is 14.2. The van der Waals surface area contributed by atoms with E-state index in [1.54, 1.807) is 23.5 Å². The van der Waals surface area contributed by atoms with Gasteiger partial charge < -0.3 is 5.73 Å². The fourth-order valence-electron chi connectivity index (χ4n) is 2.59. The maximum atomic E-state index is 13.3. The van der Waals surface area contributed by atoms with E-state index >= 15 is 0 Å². The molecule has 3 nitrogen and oxygen atoms in total. The predicted molar refractivity (Wildman–Crippen MR) is 101 cm³/mol. The summed E-state index contributed by atoms with van der Waals surface area (Å²) in [7, 11) is 0. The van der Waals surface area contributed by atoms with Crippen LogP contribution in [0.2, 0.25) is 0 Å². The summed E-state index contributed by atoms with van der Waals surface area (Å²) in [6.07, 6.45) is 0.986. The largest absolute Gasteiger partial charge is 0.329 e. The van der Waals surface area contributed by atoms with Crippen LogP contribution in [0, 0.1) is 5.82 Å². The molecule has 6 heteroatoms. The van der Waals surface area contributed by atoms with Gasteiger partial charge in [0.2, 0.25) is 0 Å². The molecule has 0 amide bonds. The van der Waals surface area contributed by atoms with Crippen molar-refractivity contribution in [3.8, 4) is 0 Å². The molecule has 0 bridgehead atoms. The predicted octanol–water partition coefficient (Wildman–Crippen LogP) is 3.86. The lowest BCUT2D eigenvalue weighted by atomic mass is 10.1. The zero-order valence-corrected chi connectivity index (χ0v) is 15.0. The second-order valence-corrected chi connectivity index (χ2v) is 6.64. The molecule has 0 radical (unpaired) electrons. The van der Waals surface area contributed by atoms with E-state index in [1.807, 2.05) is 6.07 Å². The first-order valence-electron chi connectivity index (χ1n) is 7.76. The van der Waals surface area contributed by atoms with E-state index < -0.39 is 0 Å². The number of halogens is 2. The minimum absolute atomic E-state index is 0. The minimum atomic E-state index is -0.212. The molecule has 3 aromatic rings. The lowest BCUT2D eigenvalue weighted by molar-refractivity contribution is 0.276. The Morgan fingerprint density at radius 3 is 2.62 bits per heavy atom. The molecule has 24 heavy (non-hydrogen) atoms. The second kappa shape index (κ2) is 9.08. The Morgan fingerprint density at radius 1 is 1.08 bits per heavy atom. The normalized spacial score (nSPS) is 11.0. The third-order valence-corrected chi connectivity index (χ3v) is 4.76. The number of aromatic nitrogens is 1. The van der Waals surface area contributed by atoms with Crippen molar-refractivity contribution >= 4 is 34.0 Å². The topological polar surface area (TPSA) is 42.1 Å². The lowest BCUT2D eigenvalue weighted by Gasteiger charge is -2.20. The molecule has 0 fully saturated rings. The van der Waals surface area contributed by atoms with Crippen LogP contribution in [-0.4, -0.2) is 29.5 Å². The van der Waals surface area contributed by atoms with Crippen LogP contribution < -0.4 is 5.73 Å². The Balaban J connectivity index is 0.00000208. The van der Waals surface area contributed by atoms with Crippen LogP contribution in [0.5, 0.6) is 0 Å². The molecule has 128 valence electrons. The molecule has 1 aromatic heterocycles. The Bertz CT molecular complexity index is 763. The van der Waals surface area contributed by atoms with Gasteiger partial charge in [-0.1, -0.05) is 30.3 Å². The number of rotatable bonds is 7. The van der Waals surface area contributed by atoms with Gasteiger partial charge in [0.15, 0.2) is 0 Å². The SMILES string of the molecule is Cl.NCCN(CCc1ccccc1)Cc1nc2ccc(F)cc2s1. The molecule has 0 aliphatic heterocycles. The van der Waals surface area contributed by atoms with E-state index in [0.29, 0.717) is 6.54 Å². The Kier molecular flexibility index (Phi) is 7.12. The molecule has 2 N–H and O–H groups in total. The highest BCUT2D eigenvalue weighted by Crippen LogP contribution is 2.23. The average molecular weight is 366 g/mol. The van der Waals surface area contributed by atoms with E-state index in [-0.39, 0.29) is 18.2 Å². The number of hydrogen-bond donors (Lipinski definition) is 1. The van der Waals surface area contributed by atoms with Crippen LogP contribution in [0.25, 0.3) is 10.2 Å². The van der Waals surface area contributed by atoms with Crippen molar-refractivity contribution in [1.29, 1.82) is 0 Å². The highest BCUT2D eigenvalue weighted by Gasteiger charge is 2.10. The van der Waals surface area contributed by atoms with Crippen LogP contribution in [0.15, 0.2) is 48.5 Å². The maximum Gasteiger partial charge on any atom is 0.124 e. The van der Waals surface area contributed by atoms with Gasteiger partial charge in [-0.25, -0.2) is 9.37 Å². The van der Waals surface area contributed by atoms with Gasteiger partial charge in [0.05, 0.1) is 16.8 Å². The van der Waals surface area contributed by atoms with Gasteiger partial charge in [-0.3, -0.25) is 4.90 Å². The molecular weight excluding hydrogens is 345 g/mol. The fourth-order valence-corrected chi connectivity index (χ4v) is 3.62. The van der Waals surface area contributed by atoms with E-state index in [9.17, 15) is 4.39 Å². The van der Waals surface area contributed by atoms with Crippen molar-refractivity contribution in [3.63, 3.8) is 0 Å². The van der Waals surface area contributed by atoms with Gasteiger partial charge >= 0.3 is 0 Å². The highest BCUT2D eigenvalue weighted by molar-refractivity contribution is 7.18. The van der Waals surface area contributed by atoms with Crippen molar-refractivity contribution in [3.05, 3.63) is 64.9 Å². The molecule has 0 saturated carbocycles. The highest BCUT2D eigenvalue weighted by atomic mass is 35.5. The van der Waals surface area contributed by atoms with Crippen LogP contribution in [0.3, 0.4) is 0 Å². The first kappa shape index (κ1) is 18.8. The van der Waals surface area contributed by atoms with Crippen LogP contribution >= 0.6 is 23.7 Å². The van der Waals surface area contributed by atoms with Gasteiger partial charge in [0.25, 0.3) is 0 Å². The van der Waals surface area contributed by atoms with Gasteiger partial charge in [0, 0.05) is 19.6 Å². The van der Waals surface area contributed by atoms with Crippen molar-refractivity contribution in [2.45, 2.75) is 13.0 Å². The smallest absolute Gasteiger partial charge is 0.124 e. The van der Waals surface area contributed by atoms with Crippen LogP contribution in [0.1, 0.15) is 10.6 Å². The summed E-state index contributed by atoms with van der Waals surface area (Å²) in [5.41, 5.74) is 7.92. The summed E-state index contributed by atoms with van der Waals surface area (Å²) in [5, 5.41) is 1.01. The number of hydrogen-bond acceptors (Lipinski definition) is 4. The first-order valence-corrected chi connectivity index (χ1v) is 8.57. The molecule has 2 aromatic carbocycles. The Morgan fingerprint density at radius 2 is 1.88 bits per heavy atom. The quantitative estimate of drug-likeness (QED) is 0.691. The molecule has 0 unspecified atom stereocenters. The minimum Gasteiger partial charge on any atom is -0.329 e. The van der Waals surface area contributed by atoms with Gasteiger partial charge in [-0.15, -0.1) is 23.7 Å². The molecule has 0 saturated heterocycles. The van der Waals surface area contributed by atoms with Gasteiger partial charge in [-0.2, -0.15) is 0 Å². The van der Waals surface area contributed by atoms with Crippen LogP contribution in [-0.2, 0) is 13.0 Å². The summed E-state index contributed by atoms with van der Waals surface area (Å²) in [6.45, 7) is 3.14. The molecule has 0 spiro atoms. The Labute approximate surface area is 151 Å². The van der Waals surface area contributed by atoms with E-state index in [0.717, 1.165) is 41.3 Å². The molecule has 0 aliphatic carbocycles. The standard InChI is InChI=1S/C18H20FN3S.ClH/c19-15-6-7-16-17(12-15)23-18(21-16)13-22(11-9-20)10-8-14-4-2-1-3-5-14;/h1-7,12H,8-11,13,20H2;1H. The summed E-state index contributed by atoms with van der Waals surface area (Å²) in [6, 6.07) is 15.2. The molecule has 0 aliphatic rings. The van der Waals surface area contributed by atoms with Gasteiger partial charge in [-0.05, 0) is 30.2 Å². The van der Waals surface area contributed by atoms with Crippen molar-refractivity contribution < 1.29 is 4.39 Å². The maximum absolute atomic E-state index is 13.3. The molecule has 0 atom stereocenters. The van der Waals surface area contributed by atoms with E-state index in [2.05, 4.69) is 34.1 Å². The molecule has 3 rings (SSSR count). The third-order valence-electron chi connectivity index (χ3n) is 3.76. The number of nitrogens with two attached hydrogens (primary N) is 1. The van der Waals surface area contributed by atoms with Crippen LogP contribution in [0.4, 0.5) is 4.39 Å². The zero-order valence-electron chi connectivity index (χ0n) is 13.3. The number of benzene rings is 2.